The number of fused-ring (bicyclic) bond motifs is 1. The van der Waals surface area contributed by atoms with Crippen LogP contribution in [0.2, 0.25) is 0 Å². The lowest BCUT2D eigenvalue weighted by molar-refractivity contribution is -0.118. The summed E-state index contributed by atoms with van der Waals surface area (Å²) in [6.07, 6.45) is 2.50. The number of nitrogens with one attached hydrogen (secondary N) is 1. The van der Waals surface area contributed by atoms with E-state index in [1.807, 2.05) is 42.5 Å². The summed E-state index contributed by atoms with van der Waals surface area (Å²) in [5.74, 6) is 1.20. The highest BCUT2D eigenvalue weighted by molar-refractivity contribution is 7.22. The van der Waals surface area contributed by atoms with E-state index < -0.39 is 0 Å². The minimum atomic E-state index is -0.251. The van der Waals surface area contributed by atoms with E-state index in [1.54, 1.807) is 13.2 Å². The number of hydrogen-bond donors (Lipinski definition) is 1. The van der Waals surface area contributed by atoms with Crippen LogP contribution < -0.4 is 14.8 Å². The third kappa shape index (κ3) is 4.16. The van der Waals surface area contributed by atoms with Crippen molar-refractivity contribution in [1.29, 1.82) is 0 Å². The number of nitrogens with zero attached hydrogens (tertiary/aromatic N) is 1. The van der Waals surface area contributed by atoms with Crippen molar-refractivity contribution in [2.45, 2.75) is 6.42 Å². The highest BCUT2D eigenvalue weighted by Crippen LogP contribution is 2.29. The number of amides is 1. The van der Waals surface area contributed by atoms with Gasteiger partial charge in [0.15, 0.2) is 11.7 Å². The molecule has 0 aliphatic rings. The number of methoxy groups -OCH3 is 1. The molecule has 0 spiro atoms. The van der Waals surface area contributed by atoms with Crippen LogP contribution >= 0.6 is 11.3 Å². The van der Waals surface area contributed by atoms with Crippen LogP contribution in [0.15, 0.2) is 55.1 Å². The lowest BCUT2D eigenvalue weighted by Crippen LogP contribution is -2.20. The molecule has 3 rings (SSSR count). The van der Waals surface area contributed by atoms with Gasteiger partial charge in [-0.25, -0.2) is 4.98 Å². The number of para-hydroxylation sites is 1. The molecule has 6 heteroatoms. The number of carbonyl (C=O) groups is 1. The summed E-state index contributed by atoms with van der Waals surface area (Å²) in [5.41, 5.74) is 1.82. The van der Waals surface area contributed by atoms with Crippen molar-refractivity contribution in [3.8, 4) is 11.5 Å². The minimum absolute atomic E-state index is 0.0760. The highest BCUT2D eigenvalue weighted by Gasteiger charge is 2.10. The van der Waals surface area contributed by atoms with Gasteiger partial charge >= 0.3 is 0 Å². The van der Waals surface area contributed by atoms with E-state index in [4.69, 9.17) is 9.47 Å². The van der Waals surface area contributed by atoms with Crippen molar-refractivity contribution in [1.82, 2.24) is 4.98 Å². The zero-order chi connectivity index (χ0) is 17.6. The van der Waals surface area contributed by atoms with E-state index in [-0.39, 0.29) is 12.5 Å². The molecule has 3 aromatic rings. The smallest absolute Gasteiger partial charge is 0.264 e. The van der Waals surface area contributed by atoms with Crippen LogP contribution in [-0.2, 0) is 11.2 Å². The summed E-state index contributed by atoms with van der Waals surface area (Å²) in [7, 11) is 1.62. The Morgan fingerprint density at radius 2 is 2.16 bits per heavy atom. The van der Waals surface area contributed by atoms with Crippen LogP contribution in [0.4, 0.5) is 5.13 Å². The van der Waals surface area contributed by atoms with Gasteiger partial charge in [-0.2, -0.15) is 0 Å². The quantitative estimate of drug-likeness (QED) is 0.650. The number of anilines is 1. The first-order chi connectivity index (χ1) is 12.2. The first-order valence-electron chi connectivity index (χ1n) is 7.75. The number of aromatic nitrogens is 1. The molecule has 128 valence electrons. The van der Waals surface area contributed by atoms with Crippen LogP contribution in [0.5, 0.6) is 11.5 Å². The number of ether oxygens (including phenoxy) is 2. The molecule has 0 radical (unpaired) electrons. The summed E-state index contributed by atoms with van der Waals surface area (Å²) in [4.78, 5) is 16.5. The maximum Gasteiger partial charge on any atom is 0.264 e. The Hall–Kier alpha value is -2.86. The molecule has 0 unspecified atom stereocenters. The zero-order valence-electron chi connectivity index (χ0n) is 13.8. The number of benzene rings is 2. The van der Waals surface area contributed by atoms with E-state index in [1.165, 1.54) is 11.3 Å². The average molecular weight is 354 g/mol. The second-order valence-electron chi connectivity index (χ2n) is 5.29. The van der Waals surface area contributed by atoms with Gasteiger partial charge in [-0.1, -0.05) is 35.6 Å². The molecule has 1 heterocycles. The minimum Gasteiger partial charge on any atom is -0.497 e. The Morgan fingerprint density at radius 3 is 2.96 bits per heavy atom. The standard InChI is InChI=1S/C19H18N2O3S/c1-3-6-13-7-4-5-8-16(13)24-12-18(22)21-19-20-15-10-9-14(23-2)11-17(15)25-19/h3-5,7-11H,1,6,12H2,2H3,(H,20,21,22). The number of hydrogen-bond acceptors (Lipinski definition) is 5. The maximum absolute atomic E-state index is 12.1. The summed E-state index contributed by atoms with van der Waals surface area (Å²) < 4.78 is 11.8. The van der Waals surface area contributed by atoms with E-state index in [0.29, 0.717) is 17.3 Å². The van der Waals surface area contributed by atoms with Gasteiger partial charge in [0.05, 0.1) is 17.3 Å². The molecule has 5 nitrogen and oxygen atoms in total. The summed E-state index contributed by atoms with van der Waals surface area (Å²) in [5, 5.41) is 3.31. The van der Waals surface area contributed by atoms with Gasteiger partial charge in [0.2, 0.25) is 0 Å². The molecule has 25 heavy (non-hydrogen) atoms. The van der Waals surface area contributed by atoms with Gasteiger partial charge in [0.25, 0.3) is 5.91 Å². The van der Waals surface area contributed by atoms with Gasteiger partial charge in [-0.3, -0.25) is 10.1 Å². The van der Waals surface area contributed by atoms with Crippen molar-refractivity contribution < 1.29 is 14.3 Å². The molecule has 0 aliphatic heterocycles. The molecule has 0 bridgehead atoms. The van der Waals surface area contributed by atoms with Gasteiger partial charge in [0, 0.05) is 0 Å². The van der Waals surface area contributed by atoms with Gasteiger partial charge in [0.1, 0.15) is 11.5 Å². The van der Waals surface area contributed by atoms with Crippen LogP contribution in [0.3, 0.4) is 0 Å². The Morgan fingerprint density at radius 1 is 1.32 bits per heavy atom. The van der Waals surface area contributed by atoms with E-state index in [2.05, 4.69) is 16.9 Å². The Balaban J connectivity index is 1.64. The second kappa shape index (κ2) is 7.81. The van der Waals surface area contributed by atoms with Crippen molar-refractivity contribution >= 4 is 32.6 Å². The molecule has 1 amide bonds. The lowest BCUT2D eigenvalue weighted by Gasteiger charge is -2.09. The Bertz CT molecular complexity index is 905. The maximum atomic E-state index is 12.1. The predicted octanol–water partition coefficient (Wildman–Crippen LogP) is 4.05. The zero-order valence-corrected chi connectivity index (χ0v) is 14.6. The first kappa shape index (κ1) is 17.0. The van der Waals surface area contributed by atoms with E-state index in [9.17, 15) is 4.79 Å². The Kier molecular flexibility index (Phi) is 5.30. The van der Waals surface area contributed by atoms with Gasteiger partial charge < -0.3 is 9.47 Å². The summed E-state index contributed by atoms with van der Waals surface area (Å²) in [6, 6.07) is 13.2. The SMILES string of the molecule is C=CCc1ccccc1OCC(=O)Nc1nc2ccc(OC)cc2s1. The molecule has 0 fully saturated rings. The van der Waals surface area contributed by atoms with Crippen LogP contribution in [-0.4, -0.2) is 24.6 Å². The first-order valence-corrected chi connectivity index (χ1v) is 8.57. The normalized spacial score (nSPS) is 10.4. The van der Waals surface area contributed by atoms with Crippen molar-refractivity contribution in [2.24, 2.45) is 0 Å². The monoisotopic (exact) mass is 354 g/mol. The fourth-order valence-electron chi connectivity index (χ4n) is 2.35. The molecule has 0 saturated heterocycles. The van der Waals surface area contributed by atoms with Crippen LogP contribution in [0.1, 0.15) is 5.56 Å². The highest BCUT2D eigenvalue weighted by atomic mass is 32.1. The lowest BCUT2D eigenvalue weighted by atomic mass is 10.1. The average Bonchev–Trinajstić information content (AvgIpc) is 3.02. The van der Waals surface area contributed by atoms with Crippen molar-refractivity contribution in [3.63, 3.8) is 0 Å². The van der Waals surface area contributed by atoms with Crippen molar-refractivity contribution in [3.05, 3.63) is 60.7 Å². The molecule has 1 aromatic heterocycles. The molecule has 0 atom stereocenters. The molecule has 0 saturated carbocycles. The second-order valence-corrected chi connectivity index (χ2v) is 6.32. The molecule has 2 aromatic carbocycles. The number of carbonyl (C=O) groups excluding carboxylic acids is 1. The number of allylic oxidation sites excluding steroid dienone is 1. The van der Waals surface area contributed by atoms with Crippen LogP contribution in [0, 0.1) is 0 Å². The third-order valence-electron chi connectivity index (χ3n) is 3.54. The van der Waals surface area contributed by atoms with Gasteiger partial charge in [-0.05, 0) is 36.2 Å². The molecule has 1 N–H and O–H groups in total. The molecular formula is C19H18N2O3S. The number of rotatable bonds is 7. The van der Waals surface area contributed by atoms with Crippen molar-refractivity contribution in [2.75, 3.05) is 19.0 Å². The third-order valence-corrected chi connectivity index (χ3v) is 4.47. The van der Waals surface area contributed by atoms with E-state index >= 15 is 0 Å². The summed E-state index contributed by atoms with van der Waals surface area (Å²) in [6.45, 7) is 3.65. The topological polar surface area (TPSA) is 60.5 Å². The fourth-order valence-corrected chi connectivity index (χ4v) is 3.26. The molecule has 0 aliphatic carbocycles. The fraction of sp³-hybridized carbons (Fsp3) is 0.158. The summed E-state index contributed by atoms with van der Waals surface area (Å²) >= 11 is 1.40. The van der Waals surface area contributed by atoms with E-state index in [0.717, 1.165) is 21.5 Å². The van der Waals surface area contributed by atoms with Crippen LogP contribution in [0.25, 0.3) is 10.2 Å². The Labute approximate surface area is 149 Å². The molecular weight excluding hydrogens is 336 g/mol. The predicted molar refractivity (Wildman–Crippen MR) is 101 cm³/mol. The number of thiazole rings is 1. The van der Waals surface area contributed by atoms with Gasteiger partial charge in [-0.15, -0.1) is 6.58 Å². The largest absolute Gasteiger partial charge is 0.497 e.